The minimum atomic E-state index is 0.220. The molecule has 2 aromatic rings. The largest absolute Gasteiger partial charge is 0.341 e. The predicted molar refractivity (Wildman–Crippen MR) is 107 cm³/mol. The molecule has 1 aromatic heterocycles. The molecule has 1 amide bonds. The van der Waals surface area contributed by atoms with Gasteiger partial charge in [-0.2, -0.15) is 0 Å². The van der Waals surface area contributed by atoms with E-state index in [2.05, 4.69) is 54.2 Å². The maximum atomic E-state index is 12.8. The lowest BCUT2D eigenvalue weighted by Crippen LogP contribution is -2.52. The number of hydrogen-bond acceptors (Lipinski definition) is 3. The molecular formula is C22H30N4O. The molecule has 3 heterocycles. The number of carbonyl (C=O) groups is 1. The van der Waals surface area contributed by atoms with Gasteiger partial charge in [-0.05, 0) is 37.8 Å². The summed E-state index contributed by atoms with van der Waals surface area (Å²) in [5.41, 5.74) is 1.70. The Morgan fingerprint density at radius 3 is 2.67 bits per heavy atom. The van der Waals surface area contributed by atoms with Crippen LogP contribution < -0.4 is 0 Å². The van der Waals surface area contributed by atoms with Crippen LogP contribution in [0, 0.1) is 0 Å². The smallest absolute Gasteiger partial charge is 0.242 e. The third kappa shape index (κ3) is 3.53. The van der Waals surface area contributed by atoms with Gasteiger partial charge in [0.05, 0.1) is 0 Å². The Hall–Kier alpha value is -2.14. The number of aryl methyl sites for hydroxylation is 1. The van der Waals surface area contributed by atoms with E-state index >= 15 is 0 Å². The summed E-state index contributed by atoms with van der Waals surface area (Å²) in [5.74, 6) is 1.81. The number of piperidine rings is 1. The first-order valence-corrected chi connectivity index (χ1v) is 10.2. The van der Waals surface area contributed by atoms with Gasteiger partial charge < -0.3 is 9.47 Å². The van der Waals surface area contributed by atoms with Crippen molar-refractivity contribution in [2.45, 2.75) is 50.6 Å². The molecule has 0 aliphatic carbocycles. The fraction of sp³-hybridized carbons (Fsp3) is 0.545. The molecule has 1 aromatic carbocycles. The van der Waals surface area contributed by atoms with Crippen molar-refractivity contribution in [3.8, 4) is 0 Å². The van der Waals surface area contributed by atoms with Crippen molar-refractivity contribution in [2.75, 3.05) is 26.7 Å². The second-order valence-electron chi connectivity index (χ2n) is 8.12. The van der Waals surface area contributed by atoms with Gasteiger partial charge in [-0.1, -0.05) is 37.3 Å². The molecule has 4 rings (SSSR count). The molecular weight excluding hydrogens is 336 g/mol. The second-order valence-corrected chi connectivity index (χ2v) is 8.12. The van der Waals surface area contributed by atoms with Gasteiger partial charge in [0.2, 0.25) is 5.91 Å². The van der Waals surface area contributed by atoms with E-state index in [4.69, 9.17) is 0 Å². The van der Waals surface area contributed by atoms with Crippen molar-refractivity contribution in [1.29, 1.82) is 0 Å². The fourth-order valence-electron chi connectivity index (χ4n) is 4.95. The molecule has 0 N–H and O–H groups in total. The molecule has 5 heteroatoms. The lowest BCUT2D eigenvalue weighted by Gasteiger charge is -2.43. The molecule has 2 fully saturated rings. The predicted octanol–water partition coefficient (Wildman–Crippen LogP) is 2.93. The Morgan fingerprint density at radius 2 is 1.96 bits per heavy atom. The lowest BCUT2D eigenvalue weighted by molar-refractivity contribution is -0.134. The summed E-state index contributed by atoms with van der Waals surface area (Å²) in [6, 6.07) is 10.9. The van der Waals surface area contributed by atoms with Gasteiger partial charge in [0.15, 0.2) is 0 Å². The zero-order valence-electron chi connectivity index (χ0n) is 16.5. The Bertz CT molecular complexity index is 777. The number of carbonyl (C=O) groups excluding carboxylic acids is 1. The second kappa shape index (κ2) is 7.47. The first kappa shape index (κ1) is 18.2. The molecule has 0 bridgehead atoms. The summed E-state index contributed by atoms with van der Waals surface area (Å²) in [7, 11) is 2.26. The van der Waals surface area contributed by atoms with E-state index in [-0.39, 0.29) is 11.4 Å². The minimum Gasteiger partial charge on any atom is -0.341 e. The Labute approximate surface area is 162 Å². The number of likely N-dealkylation sites (N-methyl/N-ethyl adjacent to an activating group) is 1. The molecule has 0 radical (unpaired) electrons. The quantitative estimate of drug-likeness (QED) is 0.835. The highest BCUT2D eigenvalue weighted by molar-refractivity contribution is 5.76. The van der Waals surface area contributed by atoms with Crippen molar-refractivity contribution >= 4 is 5.91 Å². The van der Waals surface area contributed by atoms with E-state index < -0.39 is 0 Å². The van der Waals surface area contributed by atoms with Crippen LogP contribution in [0.25, 0.3) is 0 Å². The third-order valence-electron chi connectivity index (χ3n) is 6.67. The van der Waals surface area contributed by atoms with Crippen LogP contribution in [0.3, 0.4) is 0 Å². The highest BCUT2D eigenvalue weighted by atomic mass is 16.2. The summed E-state index contributed by atoms with van der Waals surface area (Å²) < 4.78 is 1.99. The van der Waals surface area contributed by atoms with Crippen LogP contribution in [0.1, 0.15) is 43.5 Å². The molecule has 144 valence electrons. The van der Waals surface area contributed by atoms with E-state index in [9.17, 15) is 4.79 Å². The number of rotatable bonds is 4. The van der Waals surface area contributed by atoms with Crippen molar-refractivity contribution in [3.05, 3.63) is 54.1 Å². The highest BCUT2D eigenvalue weighted by Crippen LogP contribution is 2.43. The molecule has 27 heavy (non-hydrogen) atoms. The molecule has 2 saturated heterocycles. The van der Waals surface area contributed by atoms with E-state index in [1.54, 1.807) is 6.20 Å². The zero-order valence-corrected chi connectivity index (χ0v) is 16.5. The molecule has 1 atom stereocenters. The average Bonchev–Trinajstić information content (AvgIpc) is 3.27. The number of aromatic nitrogens is 2. The number of hydrogen-bond donors (Lipinski definition) is 0. The molecule has 2 aliphatic heterocycles. The van der Waals surface area contributed by atoms with E-state index in [0.29, 0.717) is 12.5 Å². The number of amides is 1. The average molecular weight is 367 g/mol. The first-order valence-electron chi connectivity index (χ1n) is 10.2. The normalized spacial score (nSPS) is 22.4. The van der Waals surface area contributed by atoms with Crippen LogP contribution in [0.15, 0.2) is 42.7 Å². The van der Waals surface area contributed by atoms with Gasteiger partial charge in [-0.15, -0.1) is 0 Å². The van der Waals surface area contributed by atoms with E-state index in [1.165, 1.54) is 12.0 Å². The van der Waals surface area contributed by atoms with Crippen LogP contribution in [0.5, 0.6) is 0 Å². The van der Waals surface area contributed by atoms with Gasteiger partial charge in [0, 0.05) is 44.0 Å². The molecule has 0 saturated carbocycles. The molecule has 1 spiro atoms. The summed E-state index contributed by atoms with van der Waals surface area (Å²) in [6.45, 7) is 5.33. The molecule has 2 aliphatic rings. The number of nitrogens with zero attached hydrogens (tertiary/aromatic N) is 4. The number of likely N-dealkylation sites (tertiary alicyclic amines) is 2. The zero-order chi connectivity index (χ0) is 18.9. The van der Waals surface area contributed by atoms with Crippen molar-refractivity contribution in [1.82, 2.24) is 19.4 Å². The van der Waals surface area contributed by atoms with Gasteiger partial charge in [-0.25, -0.2) is 4.98 Å². The Morgan fingerprint density at radius 1 is 1.22 bits per heavy atom. The fourth-order valence-corrected chi connectivity index (χ4v) is 4.95. The van der Waals surface area contributed by atoms with E-state index in [1.807, 2.05) is 15.7 Å². The number of benzene rings is 1. The van der Waals surface area contributed by atoms with Crippen LogP contribution in [-0.4, -0.2) is 57.5 Å². The lowest BCUT2D eigenvalue weighted by atomic mass is 9.81. The summed E-state index contributed by atoms with van der Waals surface area (Å²) in [6.07, 6.45) is 7.91. The minimum absolute atomic E-state index is 0.220. The monoisotopic (exact) mass is 366 g/mol. The Kier molecular flexibility index (Phi) is 5.04. The van der Waals surface area contributed by atoms with Crippen LogP contribution in [0.2, 0.25) is 0 Å². The SMILES string of the molecule is CCc1nccn1CC(=O)N1CCC2(CC1)C[C@H](c1ccccc1)CN2C. The van der Waals surface area contributed by atoms with Crippen LogP contribution in [-0.2, 0) is 17.8 Å². The molecule has 0 unspecified atom stereocenters. The highest BCUT2D eigenvalue weighted by Gasteiger charge is 2.46. The molecule has 5 nitrogen and oxygen atoms in total. The van der Waals surface area contributed by atoms with Crippen LogP contribution in [0.4, 0.5) is 0 Å². The third-order valence-corrected chi connectivity index (χ3v) is 6.67. The van der Waals surface area contributed by atoms with Gasteiger partial charge in [0.1, 0.15) is 12.4 Å². The van der Waals surface area contributed by atoms with Crippen molar-refractivity contribution in [3.63, 3.8) is 0 Å². The summed E-state index contributed by atoms with van der Waals surface area (Å²) in [4.78, 5) is 21.7. The summed E-state index contributed by atoms with van der Waals surface area (Å²) >= 11 is 0. The van der Waals surface area contributed by atoms with Gasteiger partial charge in [-0.3, -0.25) is 9.69 Å². The van der Waals surface area contributed by atoms with Crippen LogP contribution >= 0.6 is 0 Å². The maximum Gasteiger partial charge on any atom is 0.242 e. The van der Waals surface area contributed by atoms with Gasteiger partial charge >= 0.3 is 0 Å². The topological polar surface area (TPSA) is 41.4 Å². The maximum absolute atomic E-state index is 12.8. The van der Waals surface area contributed by atoms with E-state index in [0.717, 1.165) is 44.7 Å². The van der Waals surface area contributed by atoms with Gasteiger partial charge in [0.25, 0.3) is 0 Å². The Balaban J connectivity index is 1.37. The number of imidazole rings is 1. The first-order chi connectivity index (χ1) is 13.1. The van der Waals surface area contributed by atoms with Crippen molar-refractivity contribution < 1.29 is 4.79 Å². The van der Waals surface area contributed by atoms with Crippen molar-refractivity contribution in [2.24, 2.45) is 0 Å². The standard InChI is InChI=1S/C22H30N4O/c1-3-20-23-11-14-26(20)17-21(27)25-12-9-22(10-13-25)15-19(16-24(22)2)18-7-5-4-6-8-18/h4-8,11,14,19H,3,9-10,12-13,15-17H2,1-2H3/t19-/m0/s1. The summed E-state index contributed by atoms with van der Waals surface area (Å²) in [5, 5.41) is 0.